The van der Waals surface area contributed by atoms with Crippen LogP contribution in [-0.4, -0.2) is 20.4 Å². The van der Waals surface area contributed by atoms with Gasteiger partial charge in [-0.25, -0.2) is 0 Å². The van der Waals surface area contributed by atoms with E-state index in [-0.39, 0.29) is 44.7 Å². The van der Waals surface area contributed by atoms with Gasteiger partial charge in [0, 0.05) is 41.4 Å². The van der Waals surface area contributed by atoms with Crippen LogP contribution in [0.15, 0.2) is 126 Å². The summed E-state index contributed by atoms with van der Waals surface area (Å²) in [7, 11) is 0. The largest absolute Gasteiger partial charge is 0.506 e. The SMILES string of the molecule is Cc1ccc2c(N=Nc3cc(Br)ccc3O)c(O)ccc2c1.Cc1ccc2c(N=Nc3cc(Br)ccc3O)c(O)ccc2c1.[Ti]. The molecular weight excluding hydrogens is 736 g/mol. The Balaban J connectivity index is 0.000000200. The van der Waals surface area contributed by atoms with Crippen molar-refractivity contribution in [2.45, 2.75) is 13.8 Å². The third-order valence-corrected chi connectivity index (χ3v) is 7.63. The molecule has 0 heterocycles. The van der Waals surface area contributed by atoms with Crippen molar-refractivity contribution in [1.82, 2.24) is 0 Å². The second kappa shape index (κ2) is 14.8. The van der Waals surface area contributed by atoms with Gasteiger partial charge in [0.25, 0.3) is 0 Å². The molecule has 0 saturated carbocycles. The van der Waals surface area contributed by atoms with E-state index in [2.05, 4.69) is 52.3 Å². The molecule has 0 unspecified atom stereocenters. The van der Waals surface area contributed by atoms with Gasteiger partial charge in [0.1, 0.15) is 45.7 Å². The monoisotopic (exact) mass is 760 g/mol. The van der Waals surface area contributed by atoms with Gasteiger partial charge < -0.3 is 20.4 Å². The zero-order valence-electron chi connectivity index (χ0n) is 24.1. The fourth-order valence-electron chi connectivity index (χ4n) is 4.41. The van der Waals surface area contributed by atoms with Crippen molar-refractivity contribution in [1.29, 1.82) is 0 Å². The van der Waals surface area contributed by atoms with Gasteiger partial charge in [0.15, 0.2) is 0 Å². The van der Waals surface area contributed by atoms with Crippen LogP contribution in [0.1, 0.15) is 11.1 Å². The van der Waals surface area contributed by atoms with Gasteiger partial charge in [-0.3, -0.25) is 0 Å². The van der Waals surface area contributed by atoms with Crippen LogP contribution < -0.4 is 0 Å². The first-order chi connectivity index (χ1) is 21.1. The van der Waals surface area contributed by atoms with Crippen molar-refractivity contribution < 1.29 is 42.1 Å². The molecule has 0 aliphatic carbocycles. The topological polar surface area (TPSA) is 130 Å². The van der Waals surface area contributed by atoms with Crippen LogP contribution >= 0.6 is 31.9 Å². The van der Waals surface area contributed by atoms with E-state index in [0.29, 0.717) is 22.7 Å². The third kappa shape index (κ3) is 8.15. The van der Waals surface area contributed by atoms with Crippen LogP contribution in [0.3, 0.4) is 0 Å². The maximum atomic E-state index is 10.1. The minimum absolute atomic E-state index is 0. The van der Waals surface area contributed by atoms with Crippen molar-refractivity contribution in [3.63, 3.8) is 0 Å². The second-order valence-corrected chi connectivity index (χ2v) is 11.8. The summed E-state index contributed by atoms with van der Waals surface area (Å²) < 4.78 is 1.58. The number of rotatable bonds is 4. The van der Waals surface area contributed by atoms with Crippen LogP contribution in [0.4, 0.5) is 22.7 Å². The van der Waals surface area contributed by atoms with Gasteiger partial charge in [-0.15, -0.1) is 20.5 Å². The summed E-state index contributed by atoms with van der Waals surface area (Å²) in [6.45, 7) is 4.01. The smallest absolute Gasteiger partial charge is 0.143 e. The normalized spacial score (nSPS) is 11.1. The maximum absolute atomic E-state index is 10.1. The molecule has 4 N–H and O–H groups in total. The second-order valence-electron chi connectivity index (χ2n) is 9.98. The summed E-state index contributed by atoms with van der Waals surface area (Å²) >= 11 is 6.65. The van der Waals surface area contributed by atoms with Gasteiger partial charge in [-0.1, -0.05) is 91.5 Å². The van der Waals surface area contributed by atoms with Crippen LogP contribution in [0.25, 0.3) is 21.5 Å². The van der Waals surface area contributed by atoms with Gasteiger partial charge in [0.05, 0.1) is 0 Å². The third-order valence-electron chi connectivity index (χ3n) is 6.64. The van der Waals surface area contributed by atoms with Crippen LogP contribution in [0, 0.1) is 13.8 Å². The van der Waals surface area contributed by atoms with Gasteiger partial charge in [-0.2, -0.15) is 0 Å². The fraction of sp³-hybridized carbons (Fsp3) is 0.0588. The Kier molecular flexibility index (Phi) is 11.1. The Labute approximate surface area is 291 Å². The molecule has 0 fully saturated rings. The fourth-order valence-corrected chi connectivity index (χ4v) is 5.11. The molecule has 6 aromatic rings. The number of benzene rings is 6. The summed E-state index contributed by atoms with van der Waals surface area (Å²) in [5, 5.41) is 59.6. The van der Waals surface area contributed by atoms with Crippen molar-refractivity contribution in [2.24, 2.45) is 20.5 Å². The van der Waals surface area contributed by atoms with Crippen molar-refractivity contribution in [3.8, 4) is 23.0 Å². The predicted molar refractivity (Wildman–Crippen MR) is 181 cm³/mol. The van der Waals surface area contributed by atoms with E-state index >= 15 is 0 Å². The van der Waals surface area contributed by atoms with Gasteiger partial charge >= 0.3 is 0 Å². The van der Waals surface area contributed by atoms with E-state index in [1.807, 2.05) is 62.4 Å². The molecule has 0 atom stereocenters. The Bertz CT molecular complexity index is 1940. The molecule has 6 rings (SSSR count). The number of hydrogen-bond acceptors (Lipinski definition) is 8. The molecule has 0 saturated heterocycles. The molecule has 11 heteroatoms. The minimum atomic E-state index is 0. The van der Waals surface area contributed by atoms with E-state index in [1.54, 1.807) is 36.4 Å². The molecule has 6 aromatic carbocycles. The van der Waals surface area contributed by atoms with E-state index in [1.165, 1.54) is 12.1 Å². The Morgan fingerprint density at radius 2 is 0.822 bits per heavy atom. The number of aryl methyl sites for hydroxylation is 2. The summed E-state index contributed by atoms with van der Waals surface area (Å²) in [5.41, 5.74) is 3.70. The van der Waals surface area contributed by atoms with Crippen molar-refractivity contribution >= 4 is 76.2 Å². The van der Waals surface area contributed by atoms with Crippen LogP contribution in [0.2, 0.25) is 0 Å². The van der Waals surface area contributed by atoms with Crippen molar-refractivity contribution in [3.05, 3.63) is 117 Å². The Hall–Kier alpha value is -4.09. The van der Waals surface area contributed by atoms with Crippen LogP contribution in [0.5, 0.6) is 23.0 Å². The van der Waals surface area contributed by atoms with Crippen LogP contribution in [-0.2, 0) is 21.7 Å². The standard InChI is InChI=1S/2C17H13BrN2O2.Ti/c2*1-10-2-5-13-11(8-10)3-6-16(22)17(13)20-19-14-9-12(18)4-7-15(14)21;/h2*2-9,21-22H,1H3;. The van der Waals surface area contributed by atoms with E-state index in [9.17, 15) is 20.4 Å². The molecular formula is C34H26Br2N4O4Ti. The molecule has 0 amide bonds. The first-order valence-corrected chi connectivity index (χ1v) is 14.9. The molecule has 224 valence electrons. The van der Waals surface area contributed by atoms with Gasteiger partial charge in [0.2, 0.25) is 0 Å². The first kappa shape index (κ1) is 33.8. The number of phenols is 4. The maximum Gasteiger partial charge on any atom is 0.143 e. The van der Waals surface area contributed by atoms with E-state index in [4.69, 9.17) is 0 Å². The number of nitrogens with zero attached hydrogens (tertiary/aromatic N) is 4. The Morgan fingerprint density at radius 3 is 1.22 bits per heavy atom. The molecule has 45 heavy (non-hydrogen) atoms. The van der Waals surface area contributed by atoms with Crippen molar-refractivity contribution in [2.75, 3.05) is 0 Å². The zero-order chi connectivity index (χ0) is 31.4. The quantitative estimate of drug-likeness (QED) is 0.105. The molecule has 0 radical (unpaired) electrons. The molecule has 0 spiro atoms. The van der Waals surface area contributed by atoms with Gasteiger partial charge in [-0.05, 0) is 73.2 Å². The first-order valence-electron chi connectivity index (χ1n) is 13.3. The van der Waals surface area contributed by atoms with E-state index < -0.39 is 0 Å². The minimum Gasteiger partial charge on any atom is -0.506 e. The number of hydrogen-bond donors (Lipinski definition) is 4. The Morgan fingerprint density at radius 1 is 0.444 bits per heavy atom. The number of phenolic OH excluding ortho intramolecular Hbond substituents is 4. The predicted octanol–water partition coefficient (Wildman–Crippen LogP) is 11.5. The summed E-state index contributed by atoms with van der Waals surface area (Å²) in [4.78, 5) is 0. The molecule has 0 aromatic heterocycles. The van der Waals surface area contributed by atoms with E-state index in [0.717, 1.165) is 41.6 Å². The average molecular weight is 762 g/mol. The molecule has 0 aliphatic heterocycles. The summed E-state index contributed by atoms with van der Waals surface area (Å²) in [5.74, 6) is 0.161. The number of fused-ring (bicyclic) bond motifs is 2. The molecule has 8 nitrogen and oxygen atoms in total. The number of halogens is 2. The number of azo groups is 2. The summed E-state index contributed by atoms with van der Waals surface area (Å²) in [6, 6.07) is 28.4. The average Bonchev–Trinajstić information content (AvgIpc) is 3.00. The zero-order valence-corrected chi connectivity index (χ0v) is 28.8. The molecule has 0 aliphatic rings. The molecule has 0 bridgehead atoms. The number of aromatic hydroxyl groups is 4. The summed E-state index contributed by atoms with van der Waals surface area (Å²) in [6.07, 6.45) is 0.